The van der Waals surface area contributed by atoms with E-state index in [1.54, 1.807) is 0 Å². The second-order valence-electron chi connectivity index (χ2n) is 4.74. The molecular formula is C16H14IN3O. The lowest BCUT2D eigenvalue weighted by atomic mass is 10.2. The average molecular weight is 391 g/mol. The normalized spacial score (nSPS) is 10.8. The Balaban J connectivity index is 1.79. The molecule has 0 unspecified atom stereocenters. The van der Waals surface area contributed by atoms with Gasteiger partial charge in [-0.15, -0.1) is 0 Å². The lowest BCUT2D eigenvalue weighted by molar-refractivity contribution is 0.0949. The van der Waals surface area contributed by atoms with Crippen molar-refractivity contribution in [3.63, 3.8) is 0 Å². The first-order chi connectivity index (χ1) is 10.2. The number of fused-ring (bicyclic) bond motifs is 1. The van der Waals surface area contributed by atoms with Gasteiger partial charge in [0.25, 0.3) is 5.91 Å². The number of carbonyl (C=O) groups is 1. The van der Waals surface area contributed by atoms with Crippen molar-refractivity contribution < 1.29 is 4.79 Å². The summed E-state index contributed by atoms with van der Waals surface area (Å²) < 4.78 is 2.95. The molecule has 1 N–H and O–H groups in total. The molecule has 21 heavy (non-hydrogen) atoms. The monoisotopic (exact) mass is 391 g/mol. The maximum Gasteiger partial charge on any atom is 0.252 e. The van der Waals surface area contributed by atoms with E-state index in [1.165, 1.54) is 0 Å². The molecule has 0 aliphatic heterocycles. The van der Waals surface area contributed by atoms with E-state index in [-0.39, 0.29) is 5.91 Å². The molecule has 0 saturated carbocycles. The van der Waals surface area contributed by atoms with Gasteiger partial charge in [-0.1, -0.05) is 24.3 Å². The Morgan fingerprint density at radius 3 is 2.67 bits per heavy atom. The van der Waals surface area contributed by atoms with Crippen molar-refractivity contribution in [3.8, 4) is 0 Å². The van der Waals surface area contributed by atoms with Crippen LogP contribution >= 0.6 is 22.6 Å². The topological polar surface area (TPSA) is 46.9 Å². The summed E-state index contributed by atoms with van der Waals surface area (Å²) in [4.78, 5) is 16.8. The minimum absolute atomic E-state index is 0.0768. The number of imidazole rings is 1. The number of halogens is 1. The van der Waals surface area contributed by atoms with Gasteiger partial charge in [0.15, 0.2) is 0 Å². The number of carbonyl (C=O) groups excluding carboxylic acids is 1. The second kappa shape index (κ2) is 5.85. The van der Waals surface area contributed by atoms with Crippen LogP contribution in [-0.2, 0) is 13.6 Å². The Kier molecular flexibility index (Phi) is 3.92. The number of hydrogen-bond donors (Lipinski definition) is 1. The van der Waals surface area contributed by atoms with Crippen LogP contribution < -0.4 is 5.32 Å². The molecule has 5 heteroatoms. The van der Waals surface area contributed by atoms with Gasteiger partial charge in [-0.3, -0.25) is 4.79 Å². The first-order valence-electron chi connectivity index (χ1n) is 6.60. The zero-order valence-electron chi connectivity index (χ0n) is 11.5. The molecule has 0 aliphatic carbocycles. The van der Waals surface area contributed by atoms with Crippen LogP contribution in [0.15, 0.2) is 48.5 Å². The van der Waals surface area contributed by atoms with E-state index >= 15 is 0 Å². The van der Waals surface area contributed by atoms with Gasteiger partial charge in [0, 0.05) is 10.6 Å². The van der Waals surface area contributed by atoms with Crippen LogP contribution in [0.4, 0.5) is 0 Å². The van der Waals surface area contributed by atoms with Gasteiger partial charge in [0.05, 0.1) is 23.1 Å². The fourth-order valence-corrected chi connectivity index (χ4v) is 2.89. The summed E-state index contributed by atoms with van der Waals surface area (Å²) in [5.41, 5.74) is 2.70. The summed E-state index contributed by atoms with van der Waals surface area (Å²) in [5, 5.41) is 2.93. The van der Waals surface area contributed by atoms with Crippen molar-refractivity contribution in [2.75, 3.05) is 0 Å². The Bertz CT molecular complexity index is 810. The molecule has 1 amide bonds. The Morgan fingerprint density at radius 2 is 1.90 bits per heavy atom. The fraction of sp³-hybridized carbons (Fsp3) is 0.125. The Hall–Kier alpha value is -1.89. The smallest absolute Gasteiger partial charge is 0.252 e. The SMILES string of the molecule is Cn1c(CNC(=O)c2ccccc2I)nc2ccccc21. The molecule has 0 bridgehead atoms. The third-order valence-electron chi connectivity index (χ3n) is 3.41. The molecule has 1 aromatic heterocycles. The van der Waals surface area contributed by atoms with E-state index in [2.05, 4.69) is 32.9 Å². The number of para-hydroxylation sites is 2. The third-order valence-corrected chi connectivity index (χ3v) is 4.35. The van der Waals surface area contributed by atoms with Crippen molar-refractivity contribution in [1.82, 2.24) is 14.9 Å². The summed E-state index contributed by atoms with van der Waals surface area (Å²) >= 11 is 2.17. The van der Waals surface area contributed by atoms with Crippen molar-refractivity contribution in [2.24, 2.45) is 7.05 Å². The highest BCUT2D eigenvalue weighted by Crippen LogP contribution is 2.15. The fourth-order valence-electron chi connectivity index (χ4n) is 2.25. The van der Waals surface area contributed by atoms with Crippen LogP contribution in [0.5, 0.6) is 0 Å². The van der Waals surface area contributed by atoms with Crippen molar-refractivity contribution in [3.05, 3.63) is 63.5 Å². The summed E-state index contributed by atoms with van der Waals surface area (Å²) in [6.45, 7) is 0.412. The summed E-state index contributed by atoms with van der Waals surface area (Å²) in [6.07, 6.45) is 0. The number of nitrogens with zero attached hydrogens (tertiary/aromatic N) is 2. The molecule has 0 spiro atoms. The highest BCUT2D eigenvalue weighted by Gasteiger charge is 2.11. The van der Waals surface area contributed by atoms with Crippen LogP contribution in [-0.4, -0.2) is 15.5 Å². The zero-order valence-corrected chi connectivity index (χ0v) is 13.7. The number of benzene rings is 2. The van der Waals surface area contributed by atoms with Gasteiger partial charge < -0.3 is 9.88 Å². The molecule has 106 valence electrons. The number of aromatic nitrogens is 2. The summed E-state index contributed by atoms with van der Waals surface area (Å²) in [7, 11) is 1.96. The molecular weight excluding hydrogens is 377 g/mol. The number of nitrogens with one attached hydrogen (secondary N) is 1. The highest BCUT2D eigenvalue weighted by molar-refractivity contribution is 14.1. The number of hydrogen-bond acceptors (Lipinski definition) is 2. The quantitative estimate of drug-likeness (QED) is 0.698. The molecule has 2 aromatic carbocycles. The van der Waals surface area contributed by atoms with E-state index in [4.69, 9.17) is 0 Å². The van der Waals surface area contributed by atoms with E-state index in [9.17, 15) is 4.79 Å². The minimum Gasteiger partial charge on any atom is -0.345 e. The third kappa shape index (κ3) is 2.78. The van der Waals surface area contributed by atoms with E-state index in [0.29, 0.717) is 12.1 Å². The second-order valence-corrected chi connectivity index (χ2v) is 5.90. The highest BCUT2D eigenvalue weighted by atomic mass is 127. The van der Waals surface area contributed by atoms with Crippen molar-refractivity contribution >= 4 is 39.5 Å². The van der Waals surface area contributed by atoms with Crippen LogP contribution in [0.1, 0.15) is 16.2 Å². The van der Waals surface area contributed by atoms with Crippen LogP contribution in [0.2, 0.25) is 0 Å². The maximum absolute atomic E-state index is 12.2. The van der Waals surface area contributed by atoms with Crippen molar-refractivity contribution in [2.45, 2.75) is 6.54 Å². The molecule has 0 radical (unpaired) electrons. The predicted molar refractivity (Wildman–Crippen MR) is 91.0 cm³/mol. The predicted octanol–water partition coefficient (Wildman–Crippen LogP) is 3.11. The number of aryl methyl sites for hydroxylation is 1. The Morgan fingerprint density at radius 1 is 1.19 bits per heavy atom. The molecule has 1 heterocycles. The van der Waals surface area contributed by atoms with Gasteiger partial charge in [-0.2, -0.15) is 0 Å². The molecule has 0 fully saturated rings. The number of amides is 1. The lowest BCUT2D eigenvalue weighted by Crippen LogP contribution is -2.25. The van der Waals surface area contributed by atoms with Crippen LogP contribution in [0.3, 0.4) is 0 Å². The van der Waals surface area contributed by atoms with Gasteiger partial charge >= 0.3 is 0 Å². The minimum atomic E-state index is -0.0768. The first kappa shape index (κ1) is 14.1. The van der Waals surface area contributed by atoms with Gasteiger partial charge in [0.2, 0.25) is 0 Å². The molecule has 3 rings (SSSR count). The zero-order chi connectivity index (χ0) is 14.8. The van der Waals surface area contributed by atoms with Gasteiger partial charge in [-0.25, -0.2) is 4.98 Å². The molecule has 0 aliphatic rings. The summed E-state index contributed by atoms with van der Waals surface area (Å²) in [5.74, 6) is 0.766. The maximum atomic E-state index is 12.2. The molecule has 0 atom stereocenters. The molecule has 3 aromatic rings. The van der Waals surface area contributed by atoms with Crippen molar-refractivity contribution in [1.29, 1.82) is 0 Å². The van der Waals surface area contributed by atoms with Crippen LogP contribution in [0, 0.1) is 3.57 Å². The van der Waals surface area contributed by atoms with Crippen LogP contribution in [0.25, 0.3) is 11.0 Å². The van der Waals surface area contributed by atoms with E-state index in [0.717, 1.165) is 20.4 Å². The molecule has 4 nitrogen and oxygen atoms in total. The molecule has 0 saturated heterocycles. The van der Waals surface area contributed by atoms with E-state index in [1.807, 2.05) is 60.1 Å². The van der Waals surface area contributed by atoms with E-state index < -0.39 is 0 Å². The first-order valence-corrected chi connectivity index (χ1v) is 7.68. The van der Waals surface area contributed by atoms with Gasteiger partial charge in [0.1, 0.15) is 5.82 Å². The standard InChI is InChI=1S/C16H14IN3O/c1-20-14-9-5-4-8-13(14)19-15(20)10-18-16(21)11-6-2-3-7-12(11)17/h2-9H,10H2,1H3,(H,18,21). The Labute approximate surface area is 136 Å². The largest absolute Gasteiger partial charge is 0.345 e. The average Bonchev–Trinajstić information content (AvgIpc) is 2.82. The lowest BCUT2D eigenvalue weighted by Gasteiger charge is -2.07. The summed E-state index contributed by atoms with van der Waals surface area (Å²) in [6, 6.07) is 15.5. The number of rotatable bonds is 3. The van der Waals surface area contributed by atoms with Gasteiger partial charge in [-0.05, 0) is 46.9 Å².